The Morgan fingerprint density at radius 1 is 1.23 bits per heavy atom. The maximum Gasteiger partial charge on any atom is 0.303 e. The molecule has 1 saturated heterocycles. The van der Waals surface area contributed by atoms with Crippen LogP contribution in [0.5, 0.6) is 0 Å². The number of carbonyl (C=O) groups is 2. The topological polar surface area (TPSA) is 57.6 Å². The maximum absolute atomic E-state index is 13.2. The van der Waals surface area contributed by atoms with Gasteiger partial charge in [0.1, 0.15) is 0 Å². The van der Waals surface area contributed by atoms with Crippen molar-refractivity contribution < 1.29 is 23.5 Å². The second-order valence-electron chi connectivity index (χ2n) is 5.59. The Hall–Kier alpha value is -1.98. The van der Waals surface area contributed by atoms with Crippen LogP contribution in [0.4, 0.5) is 8.78 Å². The molecule has 22 heavy (non-hydrogen) atoms. The van der Waals surface area contributed by atoms with Crippen LogP contribution in [-0.2, 0) is 16.0 Å². The van der Waals surface area contributed by atoms with E-state index in [9.17, 15) is 18.4 Å². The predicted molar refractivity (Wildman–Crippen MR) is 76.3 cm³/mol. The van der Waals surface area contributed by atoms with Crippen molar-refractivity contribution in [3.63, 3.8) is 0 Å². The summed E-state index contributed by atoms with van der Waals surface area (Å²) >= 11 is 0. The van der Waals surface area contributed by atoms with E-state index in [4.69, 9.17) is 5.11 Å². The number of nitrogens with zero attached hydrogens (tertiary/aromatic N) is 1. The van der Waals surface area contributed by atoms with Crippen LogP contribution in [-0.4, -0.2) is 34.5 Å². The SMILES string of the molecule is O=C(O)CC[C@@H]1CCCCN1C(=O)Cc1ccc(F)c(F)c1. The number of piperidine rings is 1. The molecule has 1 aliphatic heterocycles. The van der Waals surface area contributed by atoms with Gasteiger partial charge in [0.05, 0.1) is 6.42 Å². The van der Waals surface area contributed by atoms with Gasteiger partial charge in [0.25, 0.3) is 0 Å². The number of likely N-dealkylation sites (tertiary alicyclic amines) is 1. The number of aliphatic carboxylic acids is 1. The number of hydrogen-bond donors (Lipinski definition) is 1. The van der Waals surface area contributed by atoms with Gasteiger partial charge in [-0.25, -0.2) is 8.78 Å². The number of carboxylic acid groups (broad SMARTS) is 1. The van der Waals surface area contributed by atoms with Gasteiger partial charge in [0, 0.05) is 19.0 Å². The summed E-state index contributed by atoms with van der Waals surface area (Å²) in [5.41, 5.74) is 0.423. The van der Waals surface area contributed by atoms with Crippen molar-refractivity contribution in [2.45, 2.75) is 44.6 Å². The largest absolute Gasteiger partial charge is 0.481 e. The minimum Gasteiger partial charge on any atom is -0.481 e. The van der Waals surface area contributed by atoms with Crippen molar-refractivity contribution >= 4 is 11.9 Å². The Labute approximate surface area is 127 Å². The summed E-state index contributed by atoms with van der Waals surface area (Å²) in [6.07, 6.45) is 3.10. The molecule has 1 atom stereocenters. The minimum atomic E-state index is -0.966. The fraction of sp³-hybridized carbons (Fsp3) is 0.500. The van der Waals surface area contributed by atoms with Crippen molar-refractivity contribution in [3.8, 4) is 0 Å². The second kappa shape index (κ2) is 7.33. The third-order valence-electron chi connectivity index (χ3n) is 3.98. The van der Waals surface area contributed by atoms with E-state index in [0.717, 1.165) is 31.4 Å². The summed E-state index contributed by atoms with van der Waals surface area (Å²) in [5.74, 6) is -2.94. The van der Waals surface area contributed by atoms with Gasteiger partial charge in [-0.2, -0.15) is 0 Å². The molecule has 0 saturated carbocycles. The highest BCUT2D eigenvalue weighted by atomic mass is 19.2. The molecule has 1 amide bonds. The van der Waals surface area contributed by atoms with Crippen molar-refractivity contribution in [2.24, 2.45) is 0 Å². The lowest BCUT2D eigenvalue weighted by atomic mass is 9.97. The fourth-order valence-electron chi connectivity index (χ4n) is 2.84. The van der Waals surface area contributed by atoms with E-state index in [-0.39, 0.29) is 24.8 Å². The highest BCUT2D eigenvalue weighted by Gasteiger charge is 2.27. The van der Waals surface area contributed by atoms with Crippen LogP contribution < -0.4 is 0 Å². The van der Waals surface area contributed by atoms with E-state index in [0.29, 0.717) is 18.5 Å². The first-order valence-electron chi connectivity index (χ1n) is 7.42. The van der Waals surface area contributed by atoms with Gasteiger partial charge in [-0.3, -0.25) is 9.59 Å². The molecule has 0 spiro atoms. The van der Waals surface area contributed by atoms with Crippen LogP contribution >= 0.6 is 0 Å². The molecule has 1 fully saturated rings. The summed E-state index contributed by atoms with van der Waals surface area (Å²) < 4.78 is 26.1. The van der Waals surface area contributed by atoms with Crippen LogP contribution in [0.25, 0.3) is 0 Å². The molecular formula is C16H19F2NO3. The number of rotatable bonds is 5. The molecule has 2 rings (SSSR count). The quantitative estimate of drug-likeness (QED) is 0.909. The third-order valence-corrected chi connectivity index (χ3v) is 3.98. The van der Waals surface area contributed by atoms with E-state index >= 15 is 0 Å². The van der Waals surface area contributed by atoms with Crippen LogP contribution in [0.1, 0.15) is 37.7 Å². The van der Waals surface area contributed by atoms with E-state index < -0.39 is 17.6 Å². The summed E-state index contributed by atoms with van der Waals surface area (Å²) in [6, 6.07) is 3.36. The number of carbonyl (C=O) groups excluding carboxylic acids is 1. The van der Waals surface area contributed by atoms with Crippen LogP contribution in [0.15, 0.2) is 18.2 Å². The lowest BCUT2D eigenvalue weighted by Gasteiger charge is -2.35. The lowest BCUT2D eigenvalue weighted by molar-refractivity contribution is -0.139. The average Bonchev–Trinajstić information content (AvgIpc) is 2.49. The minimum absolute atomic E-state index is 0.000765. The van der Waals surface area contributed by atoms with Crippen LogP contribution in [0.2, 0.25) is 0 Å². The van der Waals surface area contributed by atoms with Crippen LogP contribution in [0, 0.1) is 11.6 Å². The molecule has 1 aliphatic rings. The number of hydrogen-bond acceptors (Lipinski definition) is 2. The van der Waals surface area contributed by atoms with E-state index in [1.54, 1.807) is 4.90 Å². The van der Waals surface area contributed by atoms with Crippen molar-refractivity contribution in [1.29, 1.82) is 0 Å². The molecule has 0 bridgehead atoms. The first-order valence-corrected chi connectivity index (χ1v) is 7.42. The zero-order chi connectivity index (χ0) is 16.1. The molecule has 0 aliphatic carbocycles. The Kier molecular flexibility index (Phi) is 5.46. The molecule has 1 heterocycles. The zero-order valence-electron chi connectivity index (χ0n) is 12.2. The molecule has 0 unspecified atom stereocenters. The molecule has 1 N–H and O–H groups in total. The highest BCUT2D eigenvalue weighted by molar-refractivity contribution is 5.79. The van der Waals surface area contributed by atoms with E-state index in [1.165, 1.54) is 6.07 Å². The summed E-state index contributed by atoms with van der Waals surface area (Å²) in [4.78, 5) is 24.8. The zero-order valence-corrected chi connectivity index (χ0v) is 12.2. The second-order valence-corrected chi connectivity index (χ2v) is 5.59. The van der Waals surface area contributed by atoms with Gasteiger partial charge < -0.3 is 10.0 Å². The number of amides is 1. The van der Waals surface area contributed by atoms with Crippen molar-refractivity contribution in [1.82, 2.24) is 4.90 Å². The predicted octanol–water partition coefficient (Wildman–Crippen LogP) is 2.75. The van der Waals surface area contributed by atoms with Gasteiger partial charge in [-0.1, -0.05) is 6.07 Å². The number of benzene rings is 1. The molecular weight excluding hydrogens is 292 g/mol. The van der Waals surface area contributed by atoms with Gasteiger partial charge in [-0.05, 0) is 43.4 Å². The molecule has 1 aromatic carbocycles. The summed E-state index contributed by atoms with van der Waals surface area (Å²) in [5, 5.41) is 8.78. The molecule has 0 radical (unpaired) electrons. The van der Waals surface area contributed by atoms with E-state index in [2.05, 4.69) is 0 Å². The highest BCUT2D eigenvalue weighted by Crippen LogP contribution is 2.22. The Morgan fingerprint density at radius 2 is 2.00 bits per heavy atom. The third kappa shape index (κ3) is 4.26. The first kappa shape index (κ1) is 16.4. The maximum atomic E-state index is 13.2. The standard InChI is InChI=1S/C16H19F2NO3/c17-13-6-4-11(9-14(13)18)10-15(20)19-8-2-1-3-12(19)5-7-16(21)22/h4,6,9,12H,1-3,5,7-8,10H2,(H,21,22)/t12-/m0/s1. The fourth-order valence-corrected chi connectivity index (χ4v) is 2.84. The molecule has 0 aromatic heterocycles. The smallest absolute Gasteiger partial charge is 0.303 e. The van der Waals surface area contributed by atoms with Gasteiger partial charge in [0.15, 0.2) is 11.6 Å². The Morgan fingerprint density at radius 3 is 2.68 bits per heavy atom. The average molecular weight is 311 g/mol. The monoisotopic (exact) mass is 311 g/mol. The molecule has 1 aromatic rings. The van der Waals surface area contributed by atoms with E-state index in [1.807, 2.05) is 0 Å². The molecule has 4 nitrogen and oxygen atoms in total. The number of carboxylic acids is 1. The first-order chi connectivity index (χ1) is 10.5. The molecule has 120 valence electrons. The van der Waals surface area contributed by atoms with Gasteiger partial charge in [0.2, 0.25) is 5.91 Å². The lowest BCUT2D eigenvalue weighted by Crippen LogP contribution is -2.44. The van der Waals surface area contributed by atoms with Gasteiger partial charge >= 0.3 is 5.97 Å². The molecule has 6 heteroatoms. The Bertz CT molecular complexity index is 562. The van der Waals surface area contributed by atoms with Crippen LogP contribution in [0.3, 0.4) is 0 Å². The van der Waals surface area contributed by atoms with Crippen molar-refractivity contribution in [3.05, 3.63) is 35.4 Å². The summed E-state index contributed by atoms with van der Waals surface area (Å²) in [7, 11) is 0. The van der Waals surface area contributed by atoms with Crippen molar-refractivity contribution in [2.75, 3.05) is 6.54 Å². The van der Waals surface area contributed by atoms with Gasteiger partial charge in [-0.15, -0.1) is 0 Å². The Balaban J connectivity index is 2.01. The normalized spacial score (nSPS) is 18.3. The summed E-state index contributed by atoms with van der Waals surface area (Å²) in [6.45, 7) is 0.590. The number of halogens is 2.